The standard InChI is InChI=1S/C12H15F3N2O2/c1-4-17(11(2,3)10(18)19)9-8(12(13,14)15)6-5-7-16-9/h5-7H,4H2,1-3H3,(H,18,19). The topological polar surface area (TPSA) is 53.4 Å². The molecule has 1 rings (SSSR count). The highest BCUT2D eigenvalue weighted by atomic mass is 19.4. The average Bonchev–Trinajstić information content (AvgIpc) is 2.28. The van der Waals surface area contributed by atoms with Gasteiger partial charge in [0, 0.05) is 12.7 Å². The summed E-state index contributed by atoms with van der Waals surface area (Å²) in [6, 6.07) is 2.07. The Morgan fingerprint density at radius 1 is 1.42 bits per heavy atom. The van der Waals surface area contributed by atoms with Crippen LogP contribution in [0.3, 0.4) is 0 Å². The van der Waals surface area contributed by atoms with Crippen molar-refractivity contribution in [3.8, 4) is 0 Å². The normalized spacial score (nSPS) is 12.3. The third kappa shape index (κ3) is 2.97. The van der Waals surface area contributed by atoms with Gasteiger partial charge in [0.05, 0.1) is 5.56 Å². The summed E-state index contributed by atoms with van der Waals surface area (Å²) in [7, 11) is 0. The number of nitrogens with zero attached hydrogens (tertiary/aromatic N) is 2. The van der Waals surface area contributed by atoms with Crippen LogP contribution in [-0.4, -0.2) is 28.1 Å². The molecule has 0 saturated carbocycles. The molecule has 0 unspecified atom stereocenters. The van der Waals surface area contributed by atoms with Crippen LogP contribution in [0.4, 0.5) is 19.0 Å². The van der Waals surface area contributed by atoms with Crippen molar-refractivity contribution in [3.05, 3.63) is 23.9 Å². The highest BCUT2D eigenvalue weighted by molar-refractivity contribution is 5.82. The van der Waals surface area contributed by atoms with Crippen molar-refractivity contribution in [2.45, 2.75) is 32.5 Å². The van der Waals surface area contributed by atoms with Crippen LogP contribution in [0.2, 0.25) is 0 Å². The smallest absolute Gasteiger partial charge is 0.419 e. The highest BCUT2D eigenvalue weighted by Crippen LogP contribution is 2.37. The van der Waals surface area contributed by atoms with E-state index in [0.29, 0.717) is 0 Å². The lowest BCUT2D eigenvalue weighted by Crippen LogP contribution is -2.51. The number of rotatable bonds is 4. The number of hydrogen-bond donors (Lipinski definition) is 1. The van der Waals surface area contributed by atoms with Gasteiger partial charge in [0.2, 0.25) is 0 Å². The SMILES string of the molecule is CCN(c1ncccc1C(F)(F)F)C(C)(C)C(=O)O. The second kappa shape index (κ2) is 5.07. The van der Waals surface area contributed by atoms with Crippen molar-refractivity contribution < 1.29 is 23.1 Å². The van der Waals surface area contributed by atoms with E-state index in [-0.39, 0.29) is 12.4 Å². The van der Waals surface area contributed by atoms with Gasteiger partial charge in [-0.3, -0.25) is 0 Å². The van der Waals surface area contributed by atoms with Gasteiger partial charge in [-0.15, -0.1) is 0 Å². The van der Waals surface area contributed by atoms with E-state index in [1.165, 1.54) is 26.1 Å². The Bertz CT molecular complexity index is 472. The predicted octanol–water partition coefficient (Wildman–Crippen LogP) is 2.79. The first-order valence-corrected chi connectivity index (χ1v) is 5.65. The largest absolute Gasteiger partial charge is 0.480 e. The molecule has 1 aromatic rings. The van der Waals surface area contributed by atoms with E-state index in [2.05, 4.69) is 4.98 Å². The fraction of sp³-hybridized carbons (Fsp3) is 0.500. The zero-order chi connectivity index (χ0) is 14.8. The summed E-state index contributed by atoms with van der Waals surface area (Å²) < 4.78 is 38.8. The number of carboxylic acids is 1. The summed E-state index contributed by atoms with van der Waals surface area (Å²) >= 11 is 0. The molecule has 0 atom stereocenters. The van der Waals surface area contributed by atoms with Crippen LogP contribution in [-0.2, 0) is 11.0 Å². The molecule has 0 aliphatic rings. The van der Waals surface area contributed by atoms with Crippen molar-refractivity contribution >= 4 is 11.8 Å². The predicted molar refractivity (Wildman–Crippen MR) is 64.0 cm³/mol. The summed E-state index contributed by atoms with van der Waals surface area (Å²) in [4.78, 5) is 16.0. The number of carboxylic acid groups (broad SMARTS) is 1. The van der Waals surface area contributed by atoms with Crippen molar-refractivity contribution in [1.29, 1.82) is 0 Å². The van der Waals surface area contributed by atoms with Crippen LogP contribution in [0.1, 0.15) is 26.3 Å². The second-order valence-electron chi connectivity index (χ2n) is 4.48. The molecule has 1 aromatic heterocycles. The van der Waals surface area contributed by atoms with Crippen molar-refractivity contribution in [2.75, 3.05) is 11.4 Å². The van der Waals surface area contributed by atoms with E-state index in [4.69, 9.17) is 5.11 Å². The Labute approximate surface area is 108 Å². The lowest BCUT2D eigenvalue weighted by molar-refractivity contribution is -0.143. The minimum absolute atomic E-state index is 0.0966. The number of alkyl halides is 3. The quantitative estimate of drug-likeness (QED) is 0.918. The van der Waals surface area contributed by atoms with Crippen molar-refractivity contribution in [3.63, 3.8) is 0 Å². The van der Waals surface area contributed by atoms with E-state index in [9.17, 15) is 18.0 Å². The number of pyridine rings is 1. The molecule has 0 spiro atoms. The minimum atomic E-state index is -4.58. The molecule has 0 fully saturated rings. The zero-order valence-electron chi connectivity index (χ0n) is 10.8. The molecule has 106 valence electrons. The summed E-state index contributed by atoms with van der Waals surface area (Å²) in [5, 5.41) is 9.15. The fourth-order valence-corrected chi connectivity index (χ4v) is 1.76. The van der Waals surface area contributed by atoms with E-state index in [1.807, 2.05) is 0 Å². The lowest BCUT2D eigenvalue weighted by atomic mass is 10.0. The Morgan fingerprint density at radius 2 is 2.00 bits per heavy atom. The Balaban J connectivity index is 3.39. The van der Waals surface area contributed by atoms with E-state index < -0.39 is 23.2 Å². The molecule has 0 bridgehead atoms. The maximum Gasteiger partial charge on any atom is 0.419 e. The molecule has 0 aliphatic heterocycles. The maximum atomic E-state index is 12.9. The van der Waals surface area contributed by atoms with Crippen LogP contribution in [0.25, 0.3) is 0 Å². The van der Waals surface area contributed by atoms with Gasteiger partial charge in [-0.25, -0.2) is 9.78 Å². The van der Waals surface area contributed by atoms with Crippen molar-refractivity contribution in [1.82, 2.24) is 4.98 Å². The van der Waals surface area contributed by atoms with E-state index >= 15 is 0 Å². The zero-order valence-corrected chi connectivity index (χ0v) is 10.8. The van der Waals surface area contributed by atoms with E-state index in [0.717, 1.165) is 11.0 Å². The molecule has 0 amide bonds. The molecular weight excluding hydrogens is 261 g/mol. The summed E-state index contributed by atoms with van der Waals surface area (Å²) in [6.45, 7) is 4.36. The van der Waals surface area contributed by atoms with Gasteiger partial charge >= 0.3 is 12.1 Å². The first kappa shape index (κ1) is 15.3. The Kier molecular flexibility index (Phi) is 4.07. The van der Waals surface area contributed by atoms with Gasteiger partial charge in [-0.2, -0.15) is 13.2 Å². The number of aliphatic carboxylic acids is 1. The van der Waals surface area contributed by atoms with Gasteiger partial charge in [-0.05, 0) is 32.9 Å². The van der Waals surface area contributed by atoms with Gasteiger partial charge in [0.25, 0.3) is 0 Å². The average molecular weight is 276 g/mol. The number of anilines is 1. The van der Waals surface area contributed by atoms with Crippen LogP contribution in [0.15, 0.2) is 18.3 Å². The molecule has 1 heterocycles. The number of carbonyl (C=O) groups is 1. The minimum Gasteiger partial charge on any atom is -0.480 e. The maximum absolute atomic E-state index is 12.9. The molecule has 19 heavy (non-hydrogen) atoms. The molecule has 4 nitrogen and oxygen atoms in total. The number of likely N-dealkylation sites (N-methyl/N-ethyl adjacent to an activating group) is 1. The van der Waals surface area contributed by atoms with Gasteiger partial charge < -0.3 is 10.0 Å². The number of halogens is 3. The van der Waals surface area contributed by atoms with Crippen LogP contribution in [0.5, 0.6) is 0 Å². The van der Waals surface area contributed by atoms with E-state index in [1.54, 1.807) is 6.92 Å². The lowest BCUT2D eigenvalue weighted by Gasteiger charge is -2.36. The fourth-order valence-electron chi connectivity index (χ4n) is 1.76. The third-order valence-corrected chi connectivity index (χ3v) is 2.86. The van der Waals surface area contributed by atoms with Crippen LogP contribution >= 0.6 is 0 Å². The number of hydrogen-bond acceptors (Lipinski definition) is 3. The molecule has 0 aromatic carbocycles. The van der Waals surface area contributed by atoms with Crippen molar-refractivity contribution in [2.24, 2.45) is 0 Å². The third-order valence-electron chi connectivity index (χ3n) is 2.86. The monoisotopic (exact) mass is 276 g/mol. The van der Waals surface area contributed by atoms with Gasteiger partial charge in [-0.1, -0.05) is 0 Å². The van der Waals surface area contributed by atoms with Gasteiger partial charge in [0.15, 0.2) is 0 Å². The van der Waals surface area contributed by atoms with Gasteiger partial charge in [0.1, 0.15) is 11.4 Å². The molecule has 0 aliphatic carbocycles. The summed E-state index contributed by atoms with van der Waals surface area (Å²) in [6.07, 6.45) is -3.36. The second-order valence-corrected chi connectivity index (χ2v) is 4.48. The summed E-state index contributed by atoms with van der Waals surface area (Å²) in [5.74, 6) is -1.59. The molecular formula is C12H15F3N2O2. The Hall–Kier alpha value is -1.79. The molecule has 0 radical (unpaired) electrons. The summed E-state index contributed by atoms with van der Waals surface area (Å²) in [5.41, 5.74) is -2.42. The van der Waals surface area contributed by atoms with Crippen LogP contribution in [0, 0.1) is 0 Å². The number of aromatic nitrogens is 1. The first-order chi connectivity index (χ1) is 8.62. The first-order valence-electron chi connectivity index (χ1n) is 5.65. The Morgan fingerprint density at radius 3 is 2.42 bits per heavy atom. The molecule has 1 N–H and O–H groups in total. The van der Waals surface area contributed by atoms with Crippen LogP contribution < -0.4 is 4.90 Å². The molecule has 0 saturated heterocycles. The highest BCUT2D eigenvalue weighted by Gasteiger charge is 2.41. The molecule has 7 heteroatoms.